The van der Waals surface area contributed by atoms with Crippen molar-refractivity contribution in [1.82, 2.24) is 0 Å². The third-order valence-corrected chi connectivity index (χ3v) is 3.90. The fourth-order valence-corrected chi connectivity index (χ4v) is 2.63. The van der Waals surface area contributed by atoms with Gasteiger partial charge >= 0.3 is 0 Å². The zero-order valence-electron chi connectivity index (χ0n) is 16.0. The van der Waals surface area contributed by atoms with Gasteiger partial charge in [0, 0.05) is 7.41 Å². The van der Waals surface area contributed by atoms with E-state index in [4.69, 9.17) is 16.6 Å². The van der Waals surface area contributed by atoms with Crippen molar-refractivity contribution < 1.29 is 10.8 Å². The Morgan fingerprint density at radius 3 is 1.85 bits per heavy atom. The molecule has 0 aliphatic carbocycles. The van der Waals surface area contributed by atoms with Crippen molar-refractivity contribution in [3.63, 3.8) is 0 Å². The molecule has 3 rings (SSSR count). The molecule has 1 unspecified atom stereocenters. The van der Waals surface area contributed by atoms with E-state index in [1.54, 1.807) is 0 Å². The third-order valence-electron chi connectivity index (χ3n) is 3.90. The fourth-order valence-electron chi connectivity index (χ4n) is 2.63. The topological polar surface area (TPSA) is 44.5 Å². The summed E-state index contributed by atoms with van der Waals surface area (Å²) in [6, 6.07) is 25.3. The van der Waals surface area contributed by atoms with Gasteiger partial charge < -0.3 is 15.2 Å². The first-order chi connectivity index (χ1) is 13.1. The maximum Gasteiger partial charge on any atom is 0.161 e. The molecule has 3 aromatic rings. The molecule has 0 bridgehead atoms. The first-order valence-corrected chi connectivity index (χ1v) is 8.78. The van der Waals surface area contributed by atoms with E-state index in [9.17, 15) is 0 Å². The van der Waals surface area contributed by atoms with Crippen LogP contribution < -0.4 is 15.2 Å². The highest BCUT2D eigenvalue weighted by Gasteiger charge is 2.09. The van der Waals surface area contributed by atoms with Gasteiger partial charge in [-0.05, 0) is 42.1 Å². The monoisotopic (exact) mass is 348 g/mol. The van der Waals surface area contributed by atoms with Crippen molar-refractivity contribution in [3.8, 4) is 11.5 Å². The van der Waals surface area contributed by atoms with Crippen LogP contribution >= 0.6 is 0 Å². The van der Waals surface area contributed by atoms with Gasteiger partial charge in [-0.25, -0.2) is 0 Å². The molecule has 0 aromatic heterocycles. The molecular formula is C23H25NO2. The second-order valence-electron chi connectivity index (χ2n) is 6.28. The lowest BCUT2D eigenvalue weighted by Crippen LogP contribution is -2.17. The van der Waals surface area contributed by atoms with Gasteiger partial charge in [0.15, 0.2) is 11.5 Å². The average Bonchev–Trinajstić information content (AvgIpc) is 2.72. The minimum atomic E-state index is -0.507. The van der Waals surface area contributed by atoms with E-state index in [-0.39, 0.29) is 6.04 Å². The van der Waals surface area contributed by atoms with Crippen LogP contribution in [-0.4, -0.2) is 6.04 Å². The van der Waals surface area contributed by atoms with Gasteiger partial charge in [0.2, 0.25) is 0 Å². The number of hydrogen-bond acceptors (Lipinski definition) is 3. The van der Waals surface area contributed by atoms with E-state index in [1.807, 2.05) is 85.8 Å². The molecule has 3 nitrogen and oxygen atoms in total. The smallest absolute Gasteiger partial charge is 0.161 e. The number of rotatable bonds is 8. The summed E-state index contributed by atoms with van der Waals surface area (Å²) in [6.07, 6.45) is -0.507. The Labute approximate surface area is 156 Å². The van der Waals surface area contributed by atoms with E-state index >= 15 is 0 Å². The van der Waals surface area contributed by atoms with E-state index in [0.29, 0.717) is 24.7 Å². The molecule has 0 saturated carbocycles. The molecular weight excluding hydrogens is 322 g/mol. The zero-order chi connectivity index (χ0) is 19.1. The Balaban J connectivity index is 1.79. The molecule has 0 spiro atoms. The summed E-state index contributed by atoms with van der Waals surface area (Å²) < 4.78 is 20.3. The van der Waals surface area contributed by atoms with Crippen LogP contribution in [0.5, 0.6) is 11.5 Å². The molecule has 2 N–H and O–H groups in total. The van der Waals surface area contributed by atoms with E-state index < -0.39 is 6.40 Å². The molecule has 0 aliphatic heterocycles. The van der Waals surface area contributed by atoms with Gasteiger partial charge in [-0.3, -0.25) is 0 Å². The van der Waals surface area contributed by atoms with Crippen molar-refractivity contribution >= 4 is 0 Å². The van der Waals surface area contributed by atoms with Gasteiger partial charge in [-0.1, -0.05) is 66.7 Å². The lowest BCUT2D eigenvalue weighted by Gasteiger charge is -2.15. The molecule has 0 heterocycles. The molecule has 0 fully saturated rings. The van der Waals surface area contributed by atoms with Crippen LogP contribution in [0, 0.1) is 0 Å². The van der Waals surface area contributed by atoms with E-state index in [1.165, 1.54) is 0 Å². The SMILES string of the molecule is [2H][C@H](c1ccc(OCc2ccccc2)c(OCc2ccccc2)c1)C(C)N. The lowest BCUT2D eigenvalue weighted by molar-refractivity contribution is 0.255. The molecule has 0 radical (unpaired) electrons. The second-order valence-corrected chi connectivity index (χ2v) is 6.28. The Kier molecular flexibility index (Phi) is 5.81. The molecule has 134 valence electrons. The van der Waals surface area contributed by atoms with Gasteiger partial charge in [0.25, 0.3) is 0 Å². The molecule has 26 heavy (non-hydrogen) atoms. The molecule has 2 atom stereocenters. The van der Waals surface area contributed by atoms with Gasteiger partial charge in [-0.15, -0.1) is 0 Å². The van der Waals surface area contributed by atoms with Crippen LogP contribution in [0.2, 0.25) is 0 Å². The van der Waals surface area contributed by atoms with Crippen molar-refractivity contribution in [2.75, 3.05) is 0 Å². The zero-order valence-corrected chi connectivity index (χ0v) is 15.0. The predicted octanol–water partition coefficient (Wildman–Crippen LogP) is 4.73. The van der Waals surface area contributed by atoms with Crippen LogP contribution in [0.1, 0.15) is 25.0 Å². The van der Waals surface area contributed by atoms with E-state index in [2.05, 4.69) is 0 Å². The number of ether oxygens (including phenoxy) is 2. The van der Waals surface area contributed by atoms with Gasteiger partial charge in [0.05, 0.1) is 0 Å². The Morgan fingerprint density at radius 2 is 1.31 bits per heavy atom. The molecule has 0 amide bonds. The Morgan fingerprint density at radius 1 is 0.769 bits per heavy atom. The van der Waals surface area contributed by atoms with Gasteiger partial charge in [0.1, 0.15) is 13.2 Å². The minimum absolute atomic E-state index is 0.261. The predicted molar refractivity (Wildman–Crippen MR) is 105 cm³/mol. The van der Waals surface area contributed by atoms with Crippen molar-refractivity contribution in [2.24, 2.45) is 5.73 Å². The minimum Gasteiger partial charge on any atom is -0.485 e. The highest BCUT2D eigenvalue weighted by molar-refractivity contribution is 5.43. The maximum atomic E-state index is 8.25. The summed E-state index contributed by atoms with van der Waals surface area (Å²) >= 11 is 0. The first kappa shape index (κ1) is 16.7. The second kappa shape index (κ2) is 9.07. The molecule has 3 aromatic carbocycles. The summed E-state index contributed by atoms with van der Waals surface area (Å²) in [4.78, 5) is 0. The molecule has 0 saturated heterocycles. The summed E-state index contributed by atoms with van der Waals surface area (Å²) in [6.45, 7) is 2.73. The van der Waals surface area contributed by atoms with Gasteiger partial charge in [-0.2, -0.15) is 0 Å². The maximum absolute atomic E-state index is 8.25. The highest BCUT2D eigenvalue weighted by atomic mass is 16.5. The molecule has 3 heteroatoms. The van der Waals surface area contributed by atoms with Crippen LogP contribution in [0.4, 0.5) is 0 Å². The average molecular weight is 348 g/mol. The Bertz CT molecular complexity index is 838. The quantitative estimate of drug-likeness (QED) is 0.640. The largest absolute Gasteiger partial charge is 0.485 e. The van der Waals surface area contributed by atoms with E-state index in [0.717, 1.165) is 16.7 Å². The first-order valence-electron chi connectivity index (χ1n) is 9.36. The summed E-state index contributed by atoms with van der Waals surface area (Å²) in [5, 5.41) is 0. The highest BCUT2D eigenvalue weighted by Crippen LogP contribution is 2.30. The molecule has 0 aliphatic rings. The summed E-state index contributed by atoms with van der Waals surface area (Å²) in [7, 11) is 0. The Hall–Kier alpha value is -2.78. The summed E-state index contributed by atoms with van der Waals surface area (Å²) in [5.74, 6) is 1.29. The van der Waals surface area contributed by atoms with Crippen molar-refractivity contribution in [3.05, 3.63) is 95.6 Å². The van der Waals surface area contributed by atoms with Crippen LogP contribution in [0.3, 0.4) is 0 Å². The van der Waals surface area contributed by atoms with Crippen molar-refractivity contribution in [2.45, 2.75) is 32.6 Å². The van der Waals surface area contributed by atoms with Crippen LogP contribution in [0.25, 0.3) is 0 Å². The normalized spacial score (nSPS) is 13.5. The number of nitrogens with two attached hydrogens (primary N) is 1. The lowest BCUT2D eigenvalue weighted by atomic mass is 10.1. The fraction of sp³-hybridized carbons (Fsp3) is 0.217. The standard InChI is InChI=1S/C23H25NO2/c1-18(24)14-21-12-13-22(25-16-19-8-4-2-5-9-19)23(15-21)26-17-20-10-6-3-7-11-20/h2-13,15,18H,14,16-17,24H2,1H3/i14D/t14-,18?/m0/s1. The summed E-state index contributed by atoms with van der Waals surface area (Å²) in [5.41, 5.74) is 8.88. The van der Waals surface area contributed by atoms with Crippen LogP contribution in [0.15, 0.2) is 78.9 Å². The third kappa shape index (κ3) is 5.36. The van der Waals surface area contributed by atoms with Crippen molar-refractivity contribution in [1.29, 1.82) is 0 Å². The number of benzene rings is 3. The van der Waals surface area contributed by atoms with Crippen LogP contribution in [-0.2, 0) is 19.6 Å². The number of hydrogen-bond donors (Lipinski definition) is 1.